The van der Waals surface area contributed by atoms with Crippen molar-refractivity contribution in [3.63, 3.8) is 0 Å². The molecule has 2 aliphatic rings. The molecule has 2 atom stereocenters. The van der Waals surface area contributed by atoms with E-state index in [-0.39, 0.29) is 36.0 Å². The van der Waals surface area contributed by atoms with Crippen LogP contribution in [0.15, 0.2) is 42.6 Å². The predicted molar refractivity (Wildman–Crippen MR) is 118 cm³/mol. The van der Waals surface area contributed by atoms with Crippen molar-refractivity contribution in [1.29, 1.82) is 0 Å². The molecule has 2 amide bonds. The van der Waals surface area contributed by atoms with Gasteiger partial charge in [0.15, 0.2) is 0 Å². The average Bonchev–Trinajstić information content (AvgIpc) is 3.43. The highest BCUT2D eigenvalue weighted by Gasteiger charge is 2.44. The van der Waals surface area contributed by atoms with Crippen molar-refractivity contribution >= 4 is 21.7 Å². The van der Waals surface area contributed by atoms with Crippen LogP contribution in [-0.2, 0) is 16.6 Å². The largest absolute Gasteiger partial charge is 0.320 e. The highest BCUT2D eigenvalue weighted by atomic mass is 32.2. The van der Waals surface area contributed by atoms with Gasteiger partial charge in [0, 0.05) is 19.1 Å². The van der Waals surface area contributed by atoms with Crippen LogP contribution in [0.3, 0.4) is 0 Å². The number of amides is 2. The van der Waals surface area contributed by atoms with Gasteiger partial charge in [-0.15, -0.1) is 0 Å². The van der Waals surface area contributed by atoms with Crippen molar-refractivity contribution in [3.8, 4) is 11.3 Å². The normalized spacial score (nSPS) is 20.8. The number of hydrogen-bond acceptors (Lipinski definition) is 4. The molecule has 8 nitrogen and oxygen atoms in total. The molecule has 2 saturated heterocycles. The quantitative estimate of drug-likeness (QED) is 0.594. The zero-order chi connectivity index (χ0) is 23.3. The maximum absolute atomic E-state index is 14.5. The molecule has 174 valence electrons. The van der Waals surface area contributed by atoms with Gasteiger partial charge < -0.3 is 9.80 Å². The number of nitrogens with zero attached hydrogens (tertiary/aromatic N) is 4. The summed E-state index contributed by atoms with van der Waals surface area (Å²) in [7, 11) is -3.34. The predicted octanol–water partition coefficient (Wildman–Crippen LogP) is 2.60. The summed E-state index contributed by atoms with van der Waals surface area (Å²) in [5, 5.41) is 0. The number of imidazole rings is 1. The minimum absolute atomic E-state index is 0.00649. The van der Waals surface area contributed by atoms with E-state index < -0.39 is 21.7 Å². The van der Waals surface area contributed by atoms with Gasteiger partial charge in [0.25, 0.3) is 0 Å². The Hall–Kier alpha value is -3.05. The fraction of sp³-hybridized carbons (Fsp3) is 0.364. The number of aromatic nitrogens is 2. The van der Waals surface area contributed by atoms with Crippen LogP contribution in [0.2, 0.25) is 0 Å². The van der Waals surface area contributed by atoms with E-state index in [1.807, 2.05) is 0 Å². The number of carbonyl (C=O) groups is 1. The highest BCUT2D eigenvalue weighted by Crippen LogP contribution is 2.31. The van der Waals surface area contributed by atoms with E-state index in [9.17, 15) is 22.0 Å². The molecule has 2 fully saturated rings. The second-order valence-corrected chi connectivity index (χ2v) is 10.4. The fourth-order valence-electron chi connectivity index (χ4n) is 4.74. The number of carbonyl (C=O) groups excluding carboxylic acids is 1. The Labute approximate surface area is 189 Å². The van der Waals surface area contributed by atoms with Crippen LogP contribution in [0.1, 0.15) is 19.0 Å². The topological polar surface area (TPSA) is 87.0 Å². The molecule has 1 N–H and O–H groups in total. The number of hydrogen-bond donors (Lipinski definition) is 1. The second kappa shape index (κ2) is 8.07. The van der Waals surface area contributed by atoms with Crippen molar-refractivity contribution < 1.29 is 22.0 Å². The number of benzene rings is 1. The Morgan fingerprint density at radius 2 is 1.85 bits per heavy atom. The molecule has 0 spiro atoms. The molecule has 11 heteroatoms. The summed E-state index contributed by atoms with van der Waals surface area (Å²) in [5.74, 6) is -1.37. The number of fused-ring (bicyclic) bond motifs is 2. The molecule has 0 unspecified atom stereocenters. The van der Waals surface area contributed by atoms with Gasteiger partial charge in [-0.05, 0) is 37.6 Å². The monoisotopic (exact) mass is 475 g/mol. The van der Waals surface area contributed by atoms with Gasteiger partial charge in [0.2, 0.25) is 10.0 Å². The van der Waals surface area contributed by atoms with Crippen molar-refractivity contribution in [2.24, 2.45) is 0 Å². The second-order valence-electron chi connectivity index (χ2n) is 8.37. The van der Waals surface area contributed by atoms with E-state index in [2.05, 4.69) is 9.71 Å². The first kappa shape index (κ1) is 21.8. The SMILES string of the molecule is CCS(=O)(=O)N[C@H]1C[C@H]2CN(Cc3cnc4cccc(-c5c(F)cccc5F)n34)C(=O)N2C1. The van der Waals surface area contributed by atoms with Crippen LogP contribution >= 0.6 is 0 Å². The van der Waals surface area contributed by atoms with E-state index in [1.54, 1.807) is 45.5 Å². The molecule has 3 aromatic rings. The molecular weight excluding hydrogens is 452 g/mol. The first-order chi connectivity index (χ1) is 15.8. The summed E-state index contributed by atoms with van der Waals surface area (Å²) in [6.45, 7) is 2.54. The Kier molecular flexibility index (Phi) is 5.32. The number of rotatable bonds is 6. The van der Waals surface area contributed by atoms with Gasteiger partial charge in [0.1, 0.15) is 17.3 Å². The van der Waals surface area contributed by atoms with Gasteiger partial charge in [0.05, 0.1) is 41.5 Å². The Bertz CT molecular complexity index is 1320. The van der Waals surface area contributed by atoms with Crippen molar-refractivity contribution in [1.82, 2.24) is 23.9 Å². The number of urea groups is 1. The van der Waals surface area contributed by atoms with Crippen LogP contribution in [0.4, 0.5) is 13.6 Å². The Balaban J connectivity index is 1.40. The van der Waals surface area contributed by atoms with Gasteiger partial charge in [-0.25, -0.2) is 31.7 Å². The third kappa shape index (κ3) is 3.84. The minimum Gasteiger partial charge on any atom is -0.318 e. The summed E-state index contributed by atoms with van der Waals surface area (Å²) < 4.78 is 57.1. The highest BCUT2D eigenvalue weighted by molar-refractivity contribution is 7.89. The summed E-state index contributed by atoms with van der Waals surface area (Å²) in [6.07, 6.45) is 2.15. The molecule has 1 aromatic carbocycles. The molecule has 0 aliphatic carbocycles. The van der Waals surface area contributed by atoms with Crippen molar-refractivity contribution in [2.75, 3.05) is 18.8 Å². The number of nitrogens with one attached hydrogen (secondary N) is 1. The molecule has 4 heterocycles. The van der Waals surface area contributed by atoms with E-state index in [1.165, 1.54) is 18.2 Å². The van der Waals surface area contributed by atoms with Crippen LogP contribution in [-0.4, -0.2) is 64.6 Å². The van der Waals surface area contributed by atoms with Gasteiger partial charge in [-0.3, -0.25) is 4.40 Å². The van der Waals surface area contributed by atoms with Crippen LogP contribution in [0, 0.1) is 11.6 Å². The number of pyridine rings is 1. The summed E-state index contributed by atoms with van der Waals surface area (Å²) in [4.78, 5) is 20.7. The zero-order valence-electron chi connectivity index (χ0n) is 17.9. The molecule has 5 rings (SSSR count). The van der Waals surface area contributed by atoms with Crippen LogP contribution in [0.25, 0.3) is 16.9 Å². The maximum Gasteiger partial charge on any atom is 0.320 e. The smallest absolute Gasteiger partial charge is 0.318 e. The minimum atomic E-state index is -3.34. The first-order valence-corrected chi connectivity index (χ1v) is 12.4. The molecule has 2 aromatic heterocycles. The van der Waals surface area contributed by atoms with E-state index in [4.69, 9.17) is 0 Å². The van der Waals surface area contributed by atoms with E-state index >= 15 is 0 Å². The van der Waals surface area contributed by atoms with E-state index in [0.717, 1.165) is 0 Å². The Morgan fingerprint density at radius 1 is 1.12 bits per heavy atom. The lowest BCUT2D eigenvalue weighted by Crippen LogP contribution is -2.40. The molecule has 33 heavy (non-hydrogen) atoms. The average molecular weight is 476 g/mol. The fourth-order valence-corrected chi connectivity index (χ4v) is 5.58. The molecule has 0 saturated carbocycles. The maximum atomic E-state index is 14.5. The summed E-state index contributed by atoms with van der Waals surface area (Å²) in [5.41, 5.74) is 1.31. The lowest BCUT2D eigenvalue weighted by molar-refractivity contribution is 0.190. The third-order valence-electron chi connectivity index (χ3n) is 6.26. The molecule has 2 aliphatic heterocycles. The standard InChI is InChI=1S/C22H23F2N5O3S/c1-2-33(31,32)26-14-9-15-12-27(22(30)28(15)11-14)13-16-10-25-20-8-4-7-19(29(16)20)21-17(23)5-3-6-18(21)24/h3-8,10,14-15,26H,2,9,11-13H2,1H3/t14-,15-/m0/s1. The van der Waals surface area contributed by atoms with Gasteiger partial charge >= 0.3 is 6.03 Å². The van der Waals surface area contributed by atoms with Crippen LogP contribution in [0.5, 0.6) is 0 Å². The summed E-state index contributed by atoms with van der Waals surface area (Å²) >= 11 is 0. The third-order valence-corrected chi connectivity index (χ3v) is 7.71. The number of sulfonamides is 1. The van der Waals surface area contributed by atoms with E-state index in [0.29, 0.717) is 36.5 Å². The molecule has 0 bridgehead atoms. The number of halogens is 2. The molecule has 0 radical (unpaired) electrons. The first-order valence-electron chi connectivity index (χ1n) is 10.7. The van der Waals surface area contributed by atoms with Gasteiger partial charge in [-0.2, -0.15) is 0 Å². The zero-order valence-corrected chi connectivity index (χ0v) is 18.7. The molecular formula is C22H23F2N5O3S. The lowest BCUT2D eigenvalue weighted by Gasteiger charge is -2.20. The van der Waals surface area contributed by atoms with Crippen molar-refractivity contribution in [2.45, 2.75) is 32.0 Å². The Morgan fingerprint density at radius 3 is 2.55 bits per heavy atom. The van der Waals surface area contributed by atoms with Gasteiger partial charge in [-0.1, -0.05) is 12.1 Å². The van der Waals surface area contributed by atoms with Crippen molar-refractivity contribution in [3.05, 3.63) is 59.9 Å². The van der Waals surface area contributed by atoms with Crippen LogP contribution < -0.4 is 4.72 Å². The lowest BCUT2D eigenvalue weighted by atomic mass is 10.1. The summed E-state index contributed by atoms with van der Waals surface area (Å²) in [6, 6.07) is 8.18.